The fraction of sp³-hybridized carbons (Fsp3) is 0.300. The first-order chi connectivity index (χ1) is 15.6. The lowest BCUT2D eigenvalue weighted by molar-refractivity contribution is 0.0190. The summed E-state index contributed by atoms with van der Waals surface area (Å²) in [5.41, 5.74) is -1.58. The molecule has 0 aliphatic carbocycles. The molecule has 0 N–H and O–H groups in total. The van der Waals surface area contributed by atoms with Crippen LogP contribution in [-0.2, 0) is 9.47 Å². The lowest BCUT2D eigenvalue weighted by Gasteiger charge is -2.26. The quantitative estimate of drug-likeness (QED) is 0.138. The van der Waals surface area contributed by atoms with E-state index >= 15 is 0 Å². The standard InChI is InChI=1S/C20H14F4I3NO5/c21-13-12(20(30)32-6-3-28-1-4-31-5-2-28)14(22)16(24)18(15(13)23)33-19(29)10-7-9(25)8-11(26)17(10)27/h7-8H,1-6H2. The van der Waals surface area contributed by atoms with Gasteiger partial charge in [0.05, 0.1) is 18.8 Å². The van der Waals surface area contributed by atoms with Crippen LogP contribution in [0.4, 0.5) is 17.6 Å². The highest BCUT2D eigenvalue weighted by Gasteiger charge is 2.33. The Kier molecular flexibility index (Phi) is 9.56. The number of hydrogen-bond donors (Lipinski definition) is 0. The third-order valence-corrected chi connectivity index (χ3v) is 8.25. The molecule has 0 radical (unpaired) electrons. The number of hydrogen-bond acceptors (Lipinski definition) is 6. The van der Waals surface area contributed by atoms with Gasteiger partial charge in [-0.2, -0.15) is 8.78 Å². The molecule has 1 aliphatic heterocycles. The summed E-state index contributed by atoms with van der Waals surface area (Å²) in [6.45, 7) is 2.17. The number of carbonyl (C=O) groups excluding carboxylic acids is 2. The van der Waals surface area contributed by atoms with E-state index in [2.05, 4.69) is 4.74 Å². The van der Waals surface area contributed by atoms with Crippen LogP contribution >= 0.6 is 67.8 Å². The van der Waals surface area contributed by atoms with E-state index in [0.717, 1.165) is 0 Å². The molecule has 1 fully saturated rings. The van der Waals surface area contributed by atoms with E-state index in [1.807, 2.05) is 72.7 Å². The molecule has 2 aromatic carbocycles. The van der Waals surface area contributed by atoms with Crippen LogP contribution in [-0.4, -0.2) is 56.3 Å². The van der Waals surface area contributed by atoms with Gasteiger partial charge in [-0.3, -0.25) is 4.90 Å². The summed E-state index contributed by atoms with van der Waals surface area (Å²) in [6, 6.07) is 3.15. The first kappa shape index (κ1) is 26.8. The Labute approximate surface area is 226 Å². The Hall–Kier alpha value is -0.790. The number of esters is 2. The number of benzene rings is 2. The number of ether oxygens (including phenoxy) is 3. The minimum Gasteiger partial charge on any atom is -0.461 e. The molecule has 6 nitrogen and oxygen atoms in total. The summed E-state index contributed by atoms with van der Waals surface area (Å²) in [5.74, 6) is -12.4. The second-order valence-corrected chi connectivity index (χ2v) is 10.2. The van der Waals surface area contributed by atoms with E-state index in [0.29, 0.717) is 37.0 Å². The highest BCUT2D eigenvalue weighted by molar-refractivity contribution is 14.1. The van der Waals surface area contributed by atoms with E-state index in [9.17, 15) is 27.2 Å². The van der Waals surface area contributed by atoms with E-state index < -0.39 is 46.5 Å². The van der Waals surface area contributed by atoms with E-state index in [1.165, 1.54) is 6.07 Å². The summed E-state index contributed by atoms with van der Waals surface area (Å²) in [7, 11) is 0. The summed E-state index contributed by atoms with van der Waals surface area (Å²) in [6.07, 6.45) is 0. The molecular formula is C20H14F4I3NO5. The van der Waals surface area contributed by atoms with Crippen molar-refractivity contribution in [3.63, 3.8) is 0 Å². The second kappa shape index (κ2) is 11.8. The van der Waals surface area contributed by atoms with Crippen molar-refractivity contribution in [2.45, 2.75) is 0 Å². The average Bonchev–Trinajstić information content (AvgIpc) is 2.78. The van der Waals surface area contributed by atoms with Crippen molar-refractivity contribution in [2.75, 3.05) is 39.5 Å². The van der Waals surface area contributed by atoms with Gasteiger partial charge in [-0.25, -0.2) is 18.4 Å². The Morgan fingerprint density at radius 1 is 0.939 bits per heavy atom. The smallest absolute Gasteiger partial charge is 0.344 e. The first-order valence-electron chi connectivity index (χ1n) is 9.31. The van der Waals surface area contributed by atoms with Crippen molar-refractivity contribution in [2.24, 2.45) is 0 Å². The van der Waals surface area contributed by atoms with Gasteiger partial charge < -0.3 is 14.2 Å². The van der Waals surface area contributed by atoms with Gasteiger partial charge in [-0.05, 0) is 79.9 Å². The van der Waals surface area contributed by atoms with Gasteiger partial charge in [-0.15, -0.1) is 0 Å². The fourth-order valence-corrected chi connectivity index (χ4v) is 5.27. The van der Waals surface area contributed by atoms with Crippen molar-refractivity contribution >= 4 is 79.7 Å². The van der Waals surface area contributed by atoms with E-state index in [-0.39, 0.29) is 18.7 Å². The largest absolute Gasteiger partial charge is 0.461 e. The average molecular weight is 805 g/mol. The molecule has 0 aromatic heterocycles. The molecule has 0 unspecified atom stereocenters. The molecule has 1 heterocycles. The van der Waals surface area contributed by atoms with Gasteiger partial charge in [-0.1, -0.05) is 0 Å². The molecule has 0 atom stereocenters. The van der Waals surface area contributed by atoms with Crippen molar-refractivity contribution in [3.8, 4) is 5.75 Å². The van der Waals surface area contributed by atoms with Crippen LogP contribution in [0, 0.1) is 34.0 Å². The van der Waals surface area contributed by atoms with Gasteiger partial charge >= 0.3 is 11.9 Å². The molecular weight excluding hydrogens is 791 g/mol. The Balaban J connectivity index is 1.80. The maximum absolute atomic E-state index is 14.5. The fourth-order valence-electron chi connectivity index (χ4n) is 2.90. The van der Waals surface area contributed by atoms with Crippen LogP contribution in [0.3, 0.4) is 0 Å². The molecule has 0 saturated carbocycles. The molecule has 2 aromatic rings. The topological polar surface area (TPSA) is 65.1 Å². The minimum atomic E-state index is -2.02. The molecule has 1 saturated heterocycles. The van der Waals surface area contributed by atoms with Gasteiger partial charge in [0.1, 0.15) is 12.2 Å². The van der Waals surface area contributed by atoms with Crippen molar-refractivity contribution in [1.29, 1.82) is 0 Å². The molecule has 0 bridgehead atoms. The Bertz CT molecular complexity index is 1070. The molecule has 0 spiro atoms. The van der Waals surface area contributed by atoms with Gasteiger partial charge in [0.2, 0.25) is 17.4 Å². The van der Waals surface area contributed by atoms with Crippen LogP contribution in [0.15, 0.2) is 12.1 Å². The number of morpholine rings is 1. The van der Waals surface area contributed by atoms with Crippen LogP contribution in [0.25, 0.3) is 0 Å². The summed E-state index contributed by atoms with van der Waals surface area (Å²) in [4.78, 5) is 26.5. The number of rotatable bonds is 6. The maximum Gasteiger partial charge on any atom is 0.344 e. The predicted octanol–water partition coefficient (Wildman–Crippen LogP) is 4.77. The maximum atomic E-state index is 14.5. The summed E-state index contributed by atoms with van der Waals surface area (Å²) in [5, 5.41) is 0. The first-order valence-corrected chi connectivity index (χ1v) is 12.5. The van der Waals surface area contributed by atoms with Gasteiger partial charge in [0.25, 0.3) is 0 Å². The van der Waals surface area contributed by atoms with Crippen molar-refractivity contribution in [1.82, 2.24) is 4.90 Å². The SMILES string of the molecule is O=C(Oc1c(F)c(F)c(C(=O)OCCN2CCOCC2)c(F)c1F)c1cc(I)cc(I)c1I. The lowest BCUT2D eigenvalue weighted by atomic mass is 10.1. The van der Waals surface area contributed by atoms with E-state index in [4.69, 9.17) is 9.47 Å². The highest BCUT2D eigenvalue weighted by Crippen LogP contribution is 2.32. The van der Waals surface area contributed by atoms with Crippen LogP contribution < -0.4 is 4.74 Å². The third kappa shape index (κ3) is 6.26. The van der Waals surface area contributed by atoms with Crippen LogP contribution in [0.1, 0.15) is 20.7 Å². The zero-order valence-electron chi connectivity index (χ0n) is 16.5. The Morgan fingerprint density at radius 3 is 2.15 bits per heavy atom. The number of halogens is 7. The third-order valence-electron chi connectivity index (χ3n) is 4.58. The Morgan fingerprint density at radius 2 is 1.55 bits per heavy atom. The molecule has 0 amide bonds. The normalized spacial score (nSPS) is 14.3. The van der Waals surface area contributed by atoms with Crippen LogP contribution in [0.2, 0.25) is 0 Å². The molecule has 13 heteroatoms. The second-order valence-electron chi connectivity index (χ2n) is 6.69. The molecule has 1 aliphatic rings. The monoisotopic (exact) mass is 805 g/mol. The van der Waals surface area contributed by atoms with Gasteiger partial charge in [0.15, 0.2) is 11.6 Å². The molecule has 3 rings (SSSR count). The van der Waals surface area contributed by atoms with Crippen LogP contribution in [0.5, 0.6) is 5.75 Å². The van der Waals surface area contributed by atoms with E-state index in [1.54, 1.807) is 6.07 Å². The van der Waals surface area contributed by atoms with Crippen molar-refractivity contribution < 1.29 is 41.4 Å². The zero-order valence-corrected chi connectivity index (χ0v) is 23.0. The number of carbonyl (C=O) groups is 2. The molecule has 178 valence electrons. The highest BCUT2D eigenvalue weighted by atomic mass is 127. The van der Waals surface area contributed by atoms with Crippen molar-refractivity contribution in [3.05, 3.63) is 57.2 Å². The predicted molar refractivity (Wildman–Crippen MR) is 133 cm³/mol. The summed E-state index contributed by atoms with van der Waals surface area (Å²) >= 11 is 5.71. The minimum absolute atomic E-state index is 0.0434. The summed E-state index contributed by atoms with van der Waals surface area (Å²) < 4.78 is 74.4. The molecule has 33 heavy (non-hydrogen) atoms. The lowest BCUT2D eigenvalue weighted by Crippen LogP contribution is -2.38. The zero-order chi connectivity index (χ0) is 24.3. The van der Waals surface area contributed by atoms with Gasteiger partial charge in [0, 0.05) is 30.3 Å². The number of nitrogens with zero attached hydrogens (tertiary/aromatic N) is 1.